The van der Waals surface area contributed by atoms with Crippen molar-refractivity contribution in [3.63, 3.8) is 0 Å². The molecule has 0 saturated carbocycles. The Labute approximate surface area is 40.2 Å². The fourth-order valence-electron chi connectivity index (χ4n) is 0. The van der Waals surface area contributed by atoms with Gasteiger partial charge in [0.05, 0.1) is 0 Å². The molecule has 0 aromatic carbocycles. The maximum absolute atomic E-state index is 8.49. The van der Waals surface area contributed by atoms with Gasteiger partial charge in [-0.2, -0.15) is 0 Å². The van der Waals surface area contributed by atoms with Gasteiger partial charge in [-0.05, 0) is 0 Å². The molecular weight excluding hydrogens is 147 g/mol. The van der Waals surface area contributed by atoms with E-state index >= 15 is 0 Å². The van der Waals surface area contributed by atoms with Crippen LogP contribution in [0.15, 0.2) is 0 Å². The molecule has 0 aliphatic rings. The molecule has 0 heterocycles. The Morgan fingerprint density at radius 1 is 1.75 bits per heavy atom. The molecule has 0 amide bonds. The quantitative estimate of drug-likeness (QED) is 0.461. The van der Waals surface area contributed by atoms with Gasteiger partial charge in [-0.15, -0.1) is 0 Å². The molecule has 0 fully saturated rings. The molecule has 0 atom stereocenters. The summed E-state index contributed by atoms with van der Waals surface area (Å²) < 4.78 is 15.5. The van der Waals surface area contributed by atoms with Crippen LogP contribution >= 0.6 is 0 Å². The van der Waals surface area contributed by atoms with Crippen LogP contribution in [0.5, 0.6) is 0 Å². The van der Waals surface area contributed by atoms with Crippen LogP contribution in [-0.4, -0.2) is 4.19 Å². The molecular formula is HFeNiO2. The molecule has 0 aliphatic heterocycles. The number of rotatable bonds is 0. The molecule has 0 saturated heterocycles. The first-order valence-corrected chi connectivity index (χ1v) is 1.25. The molecule has 0 aliphatic carbocycles. The van der Waals surface area contributed by atoms with Gasteiger partial charge in [0.2, 0.25) is 0 Å². The van der Waals surface area contributed by atoms with Crippen molar-refractivity contribution in [1.29, 1.82) is 0 Å². The zero-order valence-electron chi connectivity index (χ0n) is 1.53. The van der Waals surface area contributed by atoms with E-state index in [1.807, 2.05) is 0 Å². The van der Waals surface area contributed by atoms with Crippen molar-refractivity contribution in [3.8, 4) is 0 Å². The van der Waals surface area contributed by atoms with Crippen LogP contribution in [0.25, 0.3) is 0 Å². The average Bonchev–Trinajstić information content (AvgIpc) is 0.918. The van der Waals surface area contributed by atoms with Gasteiger partial charge in [-0.1, -0.05) is 0 Å². The molecule has 0 aromatic heterocycles. The molecule has 0 bridgehead atoms. The summed E-state index contributed by atoms with van der Waals surface area (Å²) in [4.78, 5) is 0. The van der Waals surface area contributed by atoms with Crippen LogP contribution in [0.2, 0.25) is 0 Å². The van der Waals surface area contributed by atoms with Gasteiger partial charge in [0.15, 0.2) is 0 Å². The van der Waals surface area contributed by atoms with Crippen molar-refractivity contribution in [3.05, 3.63) is 0 Å². The topological polar surface area (TPSA) is 37.3 Å². The Hall–Kier alpha value is 0.773. The molecule has 0 aromatic rings. The third-order valence-corrected chi connectivity index (χ3v) is 0. The fraction of sp³-hybridized carbons (Fsp3) is 0. The molecule has 0 radical (unpaired) electrons. The van der Waals surface area contributed by atoms with Gasteiger partial charge in [0.25, 0.3) is 0 Å². The van der Waals surface area contributed by atoms with Gasteiger partial charge in [0.1, 0.15) is 0 Å². The standard InChI is InChI=1S/Fe.Ni.H2O.O/h;;1H2;/q+1;;;/p-1. The minimum absolute atomic E-state index is 0. The molecule has 4 heteroatoms. The van der Waals surface area contributed by atoms with E-state index in [9.17, 15) is 0 Å². The SMILES string of the molecule is [Ni].[O]=[Fe][OH]. The summed E-state index contributed by atoms with van der Waals surface area (Å²) in [5.74, 6) is 0. The van der Waals surface area contributed by atoms with E-state index in [4.69, 9.17) is 8.02 Å². The predicted octanol–water partition coefficient (Wildman–Crippen LogP) is -0.681. The Balaban J connectivity index is 0. The first-order chi connectivity index (χ1) is 1.41. The van der Waals surface area contributed by atoms with Crippen LogP contribution in [-0.2, 0) is 35.5 Å². The fourth-order valence-corrected chi connectivity index (χ4v) is 0. The third kappa shape index (κ3) is 14.6. The number of hydrogen-bond acceptors (Lipinski definition) is 1. The van der Waals surface area contributed by atoms with E-state index < -0.39 is 15.2 Å². The Bertz CT molecular complexity index is 13.5. The van der Waals surface area contributed by atoms with Crippen LogP contribution < -0.4 is 0 Å². The zero-order chi connectivity index (χ0) is 2.71. The molecule has 0 unspecified atom stereocenters. The van der Waals surface area contributed by atoms with Gasteiger partial charge < -0.3 is 0 Å². The van der Waals surface area contributed by atoms with Crippen LogP contribution in [0.3, 0.4) is 0 Å². The maximum atomic E-state index is 8.49. The van der Waals surface area contributed by atoms with Crippen molar-refractivity contribution in [2.75, 3.05) is 0 Å². The normalized spacial score (nSPS) is 4.25. The van der Waals surface area contributed by atoms with Crippen LogP contribution in [0.1, 0.15) is 0 Å². The molecule has 4 heavy (non-hydrogen) atoms. The van der Waals surface area contributed by atoms with E-state index in [1.54, 1.807) is 0 Å². The first-order valence-electron chi connectivity index (χ1n) is 0.302. The summed E-state index contributed by atoms with van der Waals surface area (Å²) >= 11 is -1.00. The monoisotopic (exact) mass is 147 g/mol. The second kappa shape index (κ2) is 9.23. The summed E-state index contributed by atoms with van der Waals surface area (Å²) in [7, 11) is 0. The summed E-state index contributed by atoms with van der Waals surface area (Å²) in [5, 5.41) is 0. The van der Waals surface area contributed by atoms with Gasteiger partial charge >= 0.3 is 23.2 Å². The van der Waals surface area contributed by atoms with E-state index in [0.717, 1.165) is 0 Å². The van der Waals surface area contributed by atoms with Gasteiger partial charge in [-0.25, -0.2) is 0 Å². The molecule has 2 nitrogen and oxygen atoms in total. The average molecular weight is 148 g/mol. The van der Waals surface area contributed by atoms with Gasteiger partial charge in [-0.3, -0.25) is 0 Å². The molecule has 1 N–H and O–H groups in total. The number of hydrogen-bond donors (Lipinski definition) is 1. The Kier molecular flexibility index (Phi) is 20.4. The molecule has 0 spiro atoms. The first kappa shape index (κ1) is 8.84. The minimum atomic E-state index is -1.00. The second-order valence-electron chi connectivity index (χ2n) is 0.0645. The second-order valence-corrected chi connectivity index (χ2v) is 0.266. The van der Waals surface area contributed by atoms with E-state index in [-0.39, 0.29) is 16.5 Å². The summed E-state index contributed by atoms with van der Waals surface area (Å²) in [6, 6.07) is 0. The van der Waals surface area contributed by atoms with Crippen LogP contribution in [0.4, 0.5) is 0 Å². The third-order valence-electron chi connectivity index (χ3n) is 0. The van der Waals surface area contributed by atoms with E-state index in [1.165, 1.54) is 0 Å². The summed E-state index contributed by atoms with van der Waals surface area (Å²) in [6.45, 7) is 0. The van der Waals surface area contributed by atoms with Crippen molar-refractivity contribution in [1.82, 2.24) is 0 Å². The Morgan fingerprint density at radius 2 is 1.75 bits per heavy atom. The van der Waals surface area contributed by atoms with Crippen molar-refractivity contribution in [2.24, 2.45) is 0 Å². The summed E-state index contributed by atoms with van der Waals surface area (Å²) in [5.41, 5.74) is 0. The zero-order valence-corrected chi connectivity index (χ0v) is 3.62. The molecule has 31 valence electrons. The molecule has 0 rings (SSSR count). The van der Waals surface area contributed by atoms with Crippen molar-refractivity contribution >= 4 is 0 Å². The predicted molar refractivity (Wildman–Crippen MR) is 2.91 cm³/mol. The van der Waals surface area contributed by atoms with Gasteiger partial charge in [0, 0.05) is 16.5 Å². The van der Waals surface area contributed by atoms with Crippen LogP contribution in [0, 0.1) is 0 Å². The van der Waals surface area contributed by atoms with Crippen molar-refractivity contribution in [2.45, 2.75) is 0 Å². The van der Waals surface area contributed by atoms with Crippen molar-refractivity contribution < 1.29 is 39.7 Å². The van der Waals surface area contributed by atoms with E-state index in [2.05, 4.69) is 0 Å². The Morgan fingerprint density at radius 3 is 1.75 bits per heavy atom. The van der Waals surface area contributed by atoms with E-state index in [0.29, 0.717) is 0 Å². The summed E-state index contributed by atoms with van der Waals surface area (Å²) in [6.07, 6.45) is 0.